The highest BCUT2D eigenvalue weighted by molar-refractivity contribution is 7.93. The van der Waals surface area contributed by atoms with Gasteiger partial charge < -0.3 is 5.21 Å². The van der Waals surface area contributed by atoms with Crippen LogP contribution >= 0.6 is 0 Å². The lowest BCUT2D eigenvalue weighted by molar-refractivity contribution is -0.386. The summed E-state index contributed by atoms with van der Waals surface area (Å²) in [5.74, 6) is 0. The Kier molecular flexibility index (Phi) is 7.58. The predicted molar refractivity (Wildman–Crippen MR) is 166 cm³/mol. The van der Waals surface area contributed by atoms with Gasteiger partial charge in [-0.3, -0.25) is 29.7 Å². The van der Waals surface area contributed by atoms with E-state index in [2.05, 4.69) is 14.6 Å². The van der Waals surface area contributed by atoms with Gasteiger partial charge in [0, 0.05) is 23.3 Å². The molecule has 0 spiro atoms. The van der Waals surface area contributed by atoms with E-state index in [4.69, 9.17) is 0 Å². The van der Waals surface area contributed by atoms with E-state index in [1.54, 1.807) is 64.1 Å². The molecule has 232 valence electrons. The molecular formula is C29H25N5O9S2. The van der Waals surface area contributed by atoms with E-state index in [0.29, 0.717) is 11.1 Å². The Bertz CT molecular complexity index is 2060. The van der Waals surface area contributed by atoms with E-state index in [-0.39, 0.29) is 22.5 Å². The van der Waals surface area contributed by atoms with Gasteiger partial charge in [-0.25, -0.2) is 16.8 Å². The van der Waals surface area contributed by atoms with Crippen LogP contribution in [0.3, 0.4) is 0 Å². The van der Waals surface area contributed by atoms with Crippen LogP contribution in [0.5, 0.6) is 0 Å². The van der Waals surface area contributed by atoms with Crippen molar-refractivity contribution in [3.63, 3.8) is 0 Å². The van der Waals surface area contributed by atoms with Crippen LogP contribution in [0.15, 0.2) is 75.6 Å². The average molecular weight is 652 g/mol. The van der Waals surface area contributed by atoms with Crippen molar-refractivity contribution in [2.45, 2.75) is 37.5 Å². The van der Waals surface area contributed by atoms with Crippen molar-refractivity contribution in [3.8, 4) is 11.1 Å². The number of hydrogen-bond acceptors (Lipinski definition) is 10. The number of sulfonamides is 2. The van der Waals surface area contributed by atoms with Crippen molar-refractivity contribution in [2.75, 3.05) is 9.44 Å². The number of nitro groups is 2. The normalized spacial score (nSPS) is 12.3. The molecule has 14 nitrogen and oxygen atoms in total. The Labute approximate surface area is 257 Å². The highest BCUT2D eigenvalue weighted by Gasteiger charge is 2.41. The second kappa shape index (κ2) is 11.0. The van der Waals surface area contributed by atoms with Crippen molar-refractivity contribution in [1.82, 2.24) is 0 Å². The minimum absolute atomic E-state index is 0.222. The molecule has 0 saturated carbocycles. The van der Waals surface area contributed by atoms with E-state index in [0.717, 1.165) is 35.4 Å². The maximum atomic E-state index is 13.5. The monoisotopic (exact) mass is 651 g/mol. The lowest BCUT2D eigenvalue weighted by Gasteiger charge is -2.13. The molecule has 1 aliphatic carbocycles. The Morgan fingerprint density at radius 2 is 1.02 bits per heavy atom. The number of nitrogens with one attached hydrogen (secondary N) is 2. The molecule has 16 heteroatoms. The third-order valence-electron chi connectivity index (χ3n) is 7.33. The Morgan fingerprint density at radius 1 is 0.644 bits per heavy atom. The zero-order valence-electron chi connectivity index (χ0n) is 24.1. The van der Waals surface area contributed by atoms with Crippen molar-refractivity contribution < 1.29 is 31.9 Å². The Balaban J connectivity index is 1.71. The molecule has 45 heavy (non-hydrogen) atoms. The number of nitrogens with zero attached hydrogens (tertiary/aromatic N) is 3. The van der Waals surface area contributed by atoms with Crippen LogP contribution in [0.2, 0.25) is 0 Å². The maximum Gasteiger partial charge on any atom is 0.279 e. The summed E-state index contributed by atoms with van der Waals surface area (Å²) >= 11 is 0. The minimum atomic E-state index is -4.48. The highest BCUT2D eigenvalue weighted by Crippen LogP contribution is 2.49. The lowest BCUT2D eigenvalue weighted by Crippen LogP contribution is -2.15. The van der Waals surface area contributed by atoms with Gasteiger partial charge in [0.25, 0.3) is 31.4 Å². The molecular weight excluding hydrogens is 626 g/mol. The molecule has 0 aliphatic heterocycles. The molecule has 0 unspecified atom stereocenters. The van der Waals surface area contributed by atoms with Crippen LogP contribution in [0.1, 0.15) is 33.4 Å². The maximum absolute atomic E-state index is 13.5. The van der Waals surface area contributed by atoms with E-state index >= 15 is 0 Å². The third kappa shape index (κ3) is 5.56. The van der Waals surface area contributed by atoms with Crippen LogP contribution < -0.4 is 9.44 Å². The molecule has 3 N–H and O–H groups in total. The molecule has 0 radical (unpaired) electrons. The molecule has 1 aliphatic rings. The summed E-state index contributed by atoms with van der Waals surface area (Å²) in [7, 11) is -8.96. The zero-order valence-corrected chi connectivity index (χ0v) is 25.8. The fraction of sp³-hybridized carbons (Fsp3) is 0.138. The summed E-state index contributed by atoms with van der Waals surface area (Å²) in [6, 6.07) is 13.5. The summed E-state index contributed by atoms with van der Waals surface area (Å²) in [4.78, 5) is 21.6. The SMILES string of the molecule is Cc1ccc(C)c(NS(=O)(=O)c2cc3c(c([N+](=O)[O-])c2)-c2c(cc(S(=O)(=O)Nc4cc(C)ccc4C)cc2[N+](=O)[O-])C3=NO)c1. The zero-order chi connectivity index (χ0) is 33.0. The number of hydrogen-bond donors (Lipinski definition) is 3. The first-order valence-corrected chi connectivity index (χ1v) is 16.1. The summed E-state index contributed by atoms with van der Waals surface area (Å²) in [6.45, 7) is 6.82. The second-order valence-electron chi connectivity index (χ2n) is 10.5. The number of aryl methyl sites for hydroxylation is 4. The number of anilines is 2. The summed E-state index contributed by atoms with van der Waals surface area (Å²) in [5.41, 5.74) is -0.502. The first kappa shape index (κ1) is 31.1. The van der Waals surface area contributed by atoms with Gasteiger partial charge in [0.2, 0.25) is 0 Å². The smallest absolute Gasteiger partial charge is 0.279 e. The molecule has 0 amide bonds. The van der Waals surface area contributed by atoms with Gasteiger partial charge in [0.1, 0.15) is 5.71 Å². The van der Waals surface area contributed by atoms with Gasteiger partial charge in [0.15, 0.2) is 0 Å². The molecule has 4 aromatic carbocycles. The van der Waals surface area contributed by atoms with Crippen molar-refractivity contribution in [2.24, 2.45) is 5.16 Å². The quantitative estimate of drug-likeness (QED) is 0.109. The fourth-order valence-corrected chi connectivity index (χ4v) is 7.39. The van der Waals surface area contributed by atoms with Crippen LogP contribution in [0.4, 0.5) is 22.7 Å². The van der Waals surface area contributed by atoms with Gasteiger partial charge in [-0.1, -0.05) is 29.4 Å². The summed E-state index contributed by atoms with van der Waals surface area (Å²) in [5, 5.41) is 37.8. The Morgan fingerprint density at radius 3 is 1.36 bits per heavy atom. The molecule has 0 bridgehead atoms. The topological polar surface area (TPSA) is 211 Å². The van der Waals surface area contributed by atoms with Gasteiger partial charge in [-0.05, 0) is 74.2 Å². The molecule has 0 heterocycles. The number of benzene rings is 4. The number of oxime groups is 1. The highest BCUT2D eigenvalue weighted by atomic mass is 32.2. The van der Waals surface area contributed by atoms with Crippen LogP contribution in [-0.4, -0.2) is 37.6 Å². The first-order chi connectivity index (χ1) is 21.0. The van der Waals surface area contributed by atoms with E-state index in [9.17, 15) is 42.3 Å². The third-order valence-corrected chi connectivity index (χ3v) is 10.0. The van der Waals surface area contributed by atoms with Crippen LogP contribution in [-0.2, 0) is 20.0 Å². The molecule has 0 aromatic heterocycles. The molecule has 0 saturated heterocycles. The van der Waals surface area contributed by atoms with E-state index < -0.39 is 67.9 Å². The standard InChI is InChI=1S/C29H25N5O9S2/c1-15-5-7-17(3)23(9-15)31-44(40,41)19-11-21-27(25(13-19)33(36)37)28-22(29(21)30-35)12-20(14-26(28)34(38)39)45(42,43)32-24-10-16(2)6-8-18(24)4/h5-14,31-32,35H,1-4H3. The largest absolute Gasteiger partial charge is 0.410 e. The van der Waals surface area contributed by atoms with Crippen molar-refractivity contribution in [1.29, 1.82) is 0 Å². The number of nitro benzene ring substituents is 2. The second-order valence-corrected chi connectivity index (χ2v) is 13.9. The minimum Gasteiger partial charge on any atom is -0.410 e. The van der Waals surface area contributed by atoms with Crippen molar-refractivity contribution >= 4 is 48.5 Å². The van der Waals surface area contributed by atoms with Gasteiger partial charge >= 0.3 is 0 Å². The lowest BCUT2D eigenvalue weighted by atomic mass is 10.0. The van der Waals surface area contributed by atoms with Crippen LogP contribution in [0, 0.1) is 47.9 Å². The predicted octanol–water partition coefficient (Wildman–Crippen LogP) is 5.55. The molecule has 0 fully saturated rings. The van der Waals surface area contributed by atoms with Gasteiger partial charge in [-0.15, -0.1) is 0 Å². The number of rotatable bonds is 8. The fourth-order valence-electron chi connectivity index (χ4n) is 5.05. The number of fused-ring (bicyclic) bond motifs is 3. The molecule has 4 aromatic rings. The first-order valence-electron chi connectivity index (χ1n) is 13.1. The van der Waals surface area contributed by atoms with Crippen LogP contribution in [0.25, 0.3) is 11.1 Å². The van der Waals surface area contributed by atoms with Gasteiger partial charge in [-0.2, -0.15) is 0 Å². The van der Waals surface area contributed by atoms with Crippen molar-refractivity contribution in [3.05, 3.63) is 114 Å². The summed E-state index contributed by atoms with van der Waals surface area (Å²) in [6.07, 6.45) is 0. The Hall–Kier alpha value is -5.35. The van der Waals surface area contributed by atoms with Gasteiger partial charge in [0.05, 0.1) is 42.1 Å². The average Bonchev–Trinajstić information content (AvgIpc) is 3.28. The van der Waals surface area contributed by atoms with E-state index in [1.807, 2.05) is 0 Å². The molecule has 0 atom stereocenters. The van der Waals surface area contributed by atoms with E-state index in [1.165, 1.54) is 0 Å². The summed E-state index contributed by atoms with van der Waals surface area (Å²) < 4.78 is 58.6. The molecule has 5 rings (SSSR count).